The minimum Gasteiger partial charge on any atom is -0.330 e. The molecular formula is C19H37N. The maximum Gasteiger partial charge on any atom is -0.00773 e. The molecule has 0 amide bonds. The molecule has 0 unspecified atom stereocenters. The van der Waals surface area contributed by atoms with Gasteiger partial charge in [0.2, 0.25) is 0 Å². The lowest BCUT2D eigenvalue weighted by atomic mass is 9.94. The van der Waals surface area contributed by atoms with Crippen LogP contribution >= 0.6 is 0 Å². The molecule has 0 aromatic heterocycles. The fraction of sp³-hybridized carbons (Fsp3) is 0.789. The second-order valence-electron chi connectivity index (χ2n) is 6.03. The van der Waals surface area contributed by atoms with E-state index in [4.69, 9.17) is 5.73 Å². The van der Waals surface area contributed by atoms with Gasteiger partial charge in [0.1, 0.15) is 0 Å². The van der Waals surface area contributed by atoms with Crippen LogP contribution in [0.25, 0.3) is 0 Å². The molecule has 2 N–H and O–H groups in total. The summed E-state index contributed by atoms with van der Waals surface area (Å²) >= 11 is 0. The van der Waals surface area contributed by atoms with Crippen molar-refractivity contribution in [2.45, 2.75) is 83.5 Å². The highest BCUT2D eigenvalue weighted by molar-refractivity contribution is 4.79. The van der Waals surface area contributed by atoms with E-state index in [1.165, 1.54) is 70.6 Å². The molecule has 0 saturated carbocycles. The largest absolute Gasteiger partial charge is 0.330 e. The second-order valence-corrected chi connectivity index (χ2v) is 6.03. The second kappa shape index (κ2) is 16.5. The van der Waals surface area contributed by atoms with Crippen molar-refractivity contribution >= 4 is 0 Å². The zero-order valence-corrected chi connectivity index (χ0v) is 13.6. The molecule has 0 aliphatic rings. The van der Waals surface area contributed by atoms with Gasteiger partial charge >= 0.3 is 0 Å². The van der Waals surface area contributed by atoms with Crippen molar-refractivity contribution in [3.05, 3.63) is 25.3 Å². The van der Waals surface area contributed by atoms with Crippen LogP contribution in [0.15, 0.2) is 25.3 Å². The van der Waals surface area contributed by atoms with Crippen LogP contribution < -0.4 is 5.73 Å². The first-order valence-corrected chi connectivity index (χ1v) is 8.77. The van der Waals surface area contributed by atoms with Gasteiger partial charge in [-0.05, 0) is 38.1 Å². The summed E-state index contributed by atoms with van der Waals surface area (Å²) in [5.41, 5.74) is 5.49. The van der Waals surface area contributed by atoms with E-state index in [0.29, 0.717) is 0 Å². The van der Waals surface area contributed by atoms with Gasteiger partial charge in [0.15, 0.2) is 0 Å². The van der Waals surface area contributed by atoms with E-state index in [1.54, 1.807) is 0 Å². The average Bonchev–Trinajstić information content (AvgIpc) is 2.45. The number of allylic oxidation sites excluding steroid dienone is 2. The molecule has 20 heavy (non-hydrogen) atoms. The molecule has 1 nitrogen and oxygen atoms in total. The van der Waals surface area contributed by atoms with E-state index in [1.807, 2.05) is 0 Å². The van der Waals surface area contributed by atoms with E-state index >= 15 is 0 Å². The van der Waals surface area contributed by atoms with Crippen LogP contribution in [0.3, 0.4) is 0 Å². The van der Waals surface area contributed by atoms with Crippen LogP contribution in [0, 0.1) is 5.92 Å². The molecule has 0 bridgehead atoms. The molecule has 0 aliphatic carbocycles. The van der Waals surface area contributed by atoms with Crippen molar-refractivity contribution < 1.29 is 0 Å². The van der Waals surface area contributed by atoms with Crippen molar-refractivity contribution in [3.8, 4) is 0 Å². The van der Waals surface area contributed by atoms with E-state index < -0.39 is 0 Å². The van der Waals surface area contributed by atoms with E-state index in [9.17, 15) is 0 Å². The summed E-state index contributed by atoms with van der Waals surface area (Å²) in [5.74, 6) is 0.785. The summed E-state index contributed by atoms with van der Waals surface area (Å²) in [6.07, 6.45) is 21.5. The quantitative estimate of drug-likeness (QED) is 0.272. The molecule has 0 rings (SSSR count). The number of rotatable bonds is 16. The highest BCUT2D eigenvalue weighted by Gasteiger charge is 2.04. The molecule has 0 aliphatic heterocycles. The van der Waals surface area contributed by atoms with Gasteiger partial charge in [-0.15, -0.1) is 13.2 Å². The lowest BCUT2D eigenvalue weighted by Crippen LogP contribution is -1.97. The van der Waals surface area contributed by atoms with E-state index in [2.05, 4.69) is 25.3 Å². The van der Waals surface area contributed by atoms with Gasteiger partial charge in [0.25, 0.3) is 0 Å². The topological polar surface area (TPSA) is 26.0 Å². The third-order valence-electron chi connectivity index (χ3n) is 4.07. The van der Waals surface area contributed by atoms with E-state index in [0.717, 1.165) is 25.3 Å². The third kappa shape index (κ3) is 13.9. The maximum atomic E-state index is 5.49. The fourth-order valence-corrected chi connectivity index (χ4v) is 2.79. The fourth-order valence-electron chi connectivity index (χ4n) is 2.79. The summed E-state index contributed by atoms with van der Waals surface area (Å²) in [6.45, 7) is 8.55. The van der Waals surface area contributed by atoms with Crippen LogP contribution in [0.2, 0.25) is 0 Å². The Bertz CT molecular complexity index is 200. The van der Waals surface area contributed by atoms with Crippen molar-refractivity contribution in [1.29, 1.82) is 0 Å². The Balaban J connectivity index is 3.22. The monoisotopic (exact) mass is 279 g/mol. The zero-order chi connectivity index (χ0) is 14.9. The molecule has 0 heterocycles. The Hall–Kier alpha value is -0.560. The Morgan fingerprint density at radius 2 is 1.05 bits per heavy atom. The standard InChI is InChI=1S/C19H37N/c1-3-15-19(16-4-2)17-13-11-9-7-5-6-8-10-12-14-18-20/h3-4,19H,1-2,5-18,20H2. The maximum absolute atomic E-state index is 5.49. The first-order chi connectivity index (χ1) is 9.85. The number of hydrogen-bond donors (Lipinski definition) is 1. The Kier molecular flexibility index (Phi) is 16.0. The normalized spacial score (nSPS) is 10.9. The summed E-state index contributed by atoms with van der Waals surface area (Å²) < 4.78 is 0. The van der Waals surface area contributed by atoms with Crippen LogP contribution in [0.4, 0.5) is 0 Å². The van der Waals surface area contributed by atoms with Crippen LogP contribution in [-0.4, -0.2) is 6.54 Å². The number of unbranched alkanes of at least 4 members (excludes halogenated alkanes) is 9. The van der Waals surface area contributed by atoms with Gasteiger partial charge in [-0.2, -0.15) is 0 Å². The van der Waals surface area contributed by atoms with Crippen molar-refractivity contribution in [3.63, 3.8) is 0 Å². The van der Waals surface area contributed by atoms with Crippen LogP contribution in [0.1, 0.15) is 83.5 Å². The van der Waals surface area contributed by atoms with Crippen LogP contribution in [-0.2, 0) is 0 Å². The molecule has 0 atom stereocenters. The van der Waals surface area contributed by atoms with Crippen molar-refractivity contribution in [2.24, 2.45) is 11.7 Å². The molecule has 0 spiro atoms. The van der Waals surface area contributed by atoms with Gasteiger partial charge in [-0.3, -0.25) is 0 Å². The zero-order valence-electron chi connectivity index (χ0n) is 13.6. The Morgan fingerprint density at radius 1 is 0.650 bits per heavy atom. The molecular weight excluding hydrogens is 242 g/mol. The molecule has 0 radical (unpaired) electrons. The van der Waals surface area contributed by atoms with Crippen LogP contribution in [0.5, 0.6) is 0 Å². The first-order valence-electron chi connectivity index (χ1n) is 8.77. The third-order valence-corrected chi connectivity index (χ3v) is 4.07. The van der Waals surface area contributed by atoms with Gasteiger partial charge in [0, 0.05) is 0 Å². The molecule has 118 valence electrons. The molecule has 0 aromatic carbocycles. The summed E-state index contributed by atoms with van der Waals surface area (Å²) in [7, 11) is 0. The SMILES string of the molecule is C=CCC(CC=C)CCCCCCCCCCCCN. The molecule has 0 aromatic rings. The number of hydrogen-bond acceptors (Lipinski definition) is 1. The average molecular weight is 280 g/mol. The molecule has 0 saturated heterocycles. The highest BCUT2D eigenvalue weighted by Crippen LogP contribution is 2.19. The minimum atomic E-state index is 0.785. The Morgan fingerprint density at radius 3 is 1.45 bits per heavy atom. The lowest BCUT2D eigenvalue weighted by molar-refractivity contribution is 0.456. The van der Waals surface area contributed by atoms with Gasteiger partial charge in [-0.25, -0.2) is 0 Å². The van der Waals surface area contributed by atoms with Gasteiger partial charge < -0.3 is 5.73 Å². The number of nitrogens with two attached hydrogens (primary N) is 1. The predicted octanol–water partition coefficient (Wildman–Crippen LogP) is 6.00. The summed E-state index contributed by atoms with van der Waals surface area (Å²) in [5, 5.41) is 0. The van der Waals surface area contributed by atoms with Gasteiger partial charge in [0.05, 0.1) is 0 Å². The van der Waals surface area contributed by atoms with Gasteiger partial charge in [-0.1, -0.05) is 69.9 Å². The molecule has 0 fully saturated rings. The Labute approximate surface area is 127 Å². The van der Waals surface area contributed by atoms with Crippen molar-refractivity contribution in [2.75, 3.05) is 6.54 Å². The highest BCUT2D eigenvalue weighted by atomic mass is 14.5. The lowest BCUT2D eigenvalue weighted by Gasteiger charge is -2.12. The first kappa shape index (κ1) is 19.4. The minimum absolute atomic E-state index is 0.785. The van der Waals surface area contributed by atoms with E-state index in [-0.39, 0.29) is 0 Å². The molecule has 1 heteroatoms. The summed E-state index contributed by atoms with van der Waals surface area (Å²) in [6, 6.07) is 0. The smallest absolute Gasteiger partial charge is 0.00773 e. The van der Waals surface area contributed by atoms with Crippen molar-refractivity contribution in [1.82, 2.24) is 0 Å². The summed E-state index contributed by atoms with van der Waals surface area (Å²) in [4.78, 5) is 0. The predicted molar refractivity (Wildman–Crippen MR) is 93.0 cm³/mol.